The van der Waals surface area contributed by atoms with Gasteiger partial charge >= 0.3 is 0 Å². The zero-order valence-corrected chi connectivity index (χ0v) is 18.7. The van der Waals surface area contributed by atoms with Crippen molar-refractivity contribution in [3.8, 4) is 0 Å². The summed E-state index contributed by atoms with van der Waals surface area (Å²) in [5.74, 6) is 1.35. The van der Waals surface area contributed by atoms with Gasteiger partial charge in [0.15, 0.2) is 0 Å². The lowest BCUT2D eigenvalue weighted by atomic mass is 10.1. The maximum atomic E-state index is 2.38. The number of hydrogen-bond acceptors (Lipinski definition) is 0. The Morgan fingerprint density at radius 2 is 1.27 bits per heavy atom. The van der Waals surface area contributed by atoms with Crippen molar-refractivity contribution in [2.45, 2.75) is 26.4 Å². The van der Waals surface area contributed by atoms with Crippen molar-refractivity contribution in [2.75, 3.05) is 0 Å². The molecule has 5 aromatic rings. The van der Waals surface area contributed by atoms with Crippen LogP contribution in [0.25, 0.3) is 21.5 Å². The van der Waals surface area contributed by atoms with E-state index in [0.29, 0.717) is 0 Å². The number of hydrogen-bond donors (Lipinski definition) is 0. The highest BCUT2D eigenvalue weighted by Gasteiger charge is 2.16. The standard InChI is InChI=1S/C27H25N2.BrH/c1-2-27-28(19-21-11-13-23-7-3-5-9-25(23)17-21)15-16-29(27)20-22-12-14-24-8-4-6-10-26(24)18-22;/h3-18H,2,19-20H2,1H3;1H/q+1;/p-1. The minimum absolute atomic E-state index is 0. The van der Waals surface area contributed by atoms with Crippen LogP contribution in [0.2, 0.25) is 0 Å². The second-order valence-corrected chi connectivity index (χ2v) is 7.69. The molecule has 0 fully saturated rings. The Bertz CT molecular complexity index is 1200. The van der Waals surface area contributed by atoms with Gasteiger partial charge in [0.25, 0.3) is 5.82 Å². The molecule has 0 bridgehead atoms. The van der Waals surface area contributed by atoms with Crippen LogP contribution in [0.5, 0.6) is 0 Å². The maximum absolute atomic E-state index is 2.38. The van der Waals surface area contributed by atoms with Gasteiger partial charge in [-0.25, -0.2) is 9.13 Å². The molecule has 1 aromatic heterocycles. The molecular formula is C27H25BrN2. The fourth-order valence-electron chi connectivity index (χ4n) is 4.26. The molecule has 0 aliphatic carbocycles. The van der Waals surface area contributed by atoms with Crippen LogP contribution < -0.4 is 21.5 Å². The number of nitrogens with zero attached hydrogens (tertiary/aromatic N) is 2. The van der Waals surface area contributed by atoms with Crippen LogP contribution in [-0.2, 0) is 19.5 Å². The fraction of sp³-hybridized carbons (Fsp3) is 0.148. The molecule has 0 aliphatic rings. The number of fused-ring (bicyclic) bond motifs is 2. The summed E-state index contributed by atoms with van der Waals surface area (Å²) < 4.78 is 4.76. The molecule has 5 rings (SSSR count). The molecule has 30 heavy (non-hydrogen) atoms. The maximum Gasteiger partial charge on any atom is 0.256 e. The Kier molecular flexibility index (Phi) is 6.01. The Labute approximate surface area is 188 Å². The average molecular weight is 457 g/mol. The van der Waals surface area contributed by atoms with E-state index in [1.807, 2.05) is 0 Å². The van der Waals surface area contributed by atoms with E-state index in [1.165, 1.54) is 38.5 Å². The average Bonchev–Trinajstić information content (AvgIpc) is 3.14. The van der Waals surface area contributed by atoms with Crippen LogP contribution in [0.1, 0.15) is 23.9 Å². The molecule has 3 heteroatoms. The molecule has 0 spiro atoms. The first-order chi connectivity index (χ1) is 14.3. The van der Waals surface area contributed by atoms with E-state index in [2.05, 4.69) is 113 Å². The van der Waals surface area contributed by atoms with Crippen molar-refractivity contribution in [1.82, 2.24) is 4.57 Å². The lowest BCUT2D eigenvalue weighted by Crippen LogP contribution is -3.00. The van der Waals surface area contributed by atoms with Crippen LogP contribution in [-0.4, -0.2) is 4.57 Å². The van der Waals surface area contributed by atoms with Gasteiger partial charge in [-0.05, 0) is 44.8 Å². The predicted molar refractivity (Wildman–Crippen MR) is 120 cm³/mol. The van der Waals surface area contributed by atoms with Crippen molar-refractivity contribution in [3.05, 3.63) is 114 Å². The summed E-state index contributed by atoms with van der Waals surface area (Å²) in [4.78, 5) is 0. The molecule has 0 amide bonds. The summed E-state index contributed by atoms with van der Waals surface area (Å²) in [5, 5.41) is 5.20. The van der Waals surface area contributed by atoms with Gasteiger partial charge in [0, 0.05) is 6.42 Å². The quantitative estimate of drug-likeness (QED) is 0.359. The van der Waals surface area contributed by atoms with Gasteiger partial charge in [0.2, 0.25) is 0 Å². The molecule has 0 saturated carbocycles. The molecule has 4 aromatic carbocycles. The molecule has 150 valence electrons. The fourth-order valence-corrected chi connectivity index (χ4v) is 4.26. The molecule has 0 atom stereocenters. The molecular weight excluding hydrogens is 432 g/mol. The summed E-state index contributed by atoms with van der Waals surface area (Å²) in [6, 6.07) is 30.7. The van der Waals surface area contributed by atoms with E-state index in [4.69, 9.17) is 0 Å². The van der Waals surface area contributed by atoms with Crippen molar-refractivity contribution < 1.29 is 21.5 Å². The smallest absolute Gasteiger partial charge is 0.256 e. The topological polar surface area (TPSA) is 8.81 Å². The summed E-state index contributed by atoms with van der Waals surface area (Å²) in [6.45, 7) is 4.04. The lowest BCUT2D eigenvalue weighted by molar-refractivity contribution is -0.695. The zero-order chi connectivity index (χ0) is 19.6. The second kappa shape index (κ2) is 8.85. The minimum Gasteiger partial charge on any atom is -1.00 e. The number of halogens is 1. The molecule has 0 aliphatic heterocycles. The van der Waals surface area contributed by atoms with E-state index in [-0.39, 0.29) is 17.0 Å². The SMILES string of the molecule is CCc1n(Cc2ccc3ccccc3c2)cc[n+]1Cc1ccc2ccccc2c1.[Br-]. The van der Waals surface area contributed by atoms with Crippen LogP contribution in [0, 0.1) is 0 Å². The highest BCUT2D eigenvalue weighted by molar-refractivity contribution is 5.83. The third-order valence-corrected chi connectivity index (χ3v) is 5.74. The Balaban J connectivity index is 0.00000218. The van der Waals surface area contributed by atoms with E-state index in [1.54, 1.807) is 0 Å². The number of imidazole rings is 1. The highest BCUT2D eigenvalue weighted by atomic mass is 79.9. The number of rotatable bonds is 5. The number of benzene rings is 4. The molecule has 1 heterocycles. The van der Waals surface area contributed by atoms with Crippen molar-refractivity contribution in [1.29, 1.82) is 0 Å². The van der Waals surface area contributed by atoms with Crippen molar-refractivity contribution in [3.63, 3.8) is 0 Å². The van der Waals surface area contributed by atoms with Crippen molar-refractivity contribution >= 4 is 21.5 Å². The normalized spacial score (nSPS) is 11.0. The van der Waals surface area contributed by atoms with Gasteiger partial charge in [-0.1, -0.05) is 79.7 Å². The molecule has 2 nitrogen and oxygen atoms in total. The van der Waals surface area contributed by atoms with E-state index < -0.39 is 0 Å². The van der Waals surface area contributed by atoms with Gasteiger partial charge in [-0.2, -0.15) is 0 Å². The Morgan fingerprint density at radius 3 is 1.90 bits per heavy atom. The first kappa shape index (κ1) is 20.4. The summed E-state index contributed by atoms with van der Waals surface area (Å²) in [7, 11) is 0. The third-order valence-electron chi connectivity index (χ3n) is 5.74. The van der Waals surface area contributed by atoms with Crippen LogP contribution in [0.15, 0.2) is 97.3 Å². The lowest BCUT2D eigenvalue weighted by Gasteiger charge is -2.06. The van der Waals surface area contributed by atoms with E-state index in [0.717, 1.165) is 19.5 Å². The first-order valence-electron chi connectivity index (χ1n) is 10.3. The predicted octanol–water partition coefficient (Wildman–Crippen LogP) is 2.75. The van der Waals surface area contributed by atoms with Gasteiger partial charge in [0.1, 0.15) is 25.5 Å². The third kappa shape index (κ3) is 4.03. The van der Waals surface area contributed by atoms with Crippen LogP contribution >= 0.6 is 0 Å². The van der Waals surface area contributed by atoms with E-state index in [9.17, 15) is 0 Å². The molecule has 0 saturated heterocycles. The second-order valence-electron chi connectivity index (χ2n) is 7.69. The van der Waals surface area contributed by atoms with Gasteiger partial charge < -0.3 is 17.0 Å². The summed E-state index contributed by atoms with van der Waals surface area (Å²) in [6.07, 6.45) is 5.44. The zero-order valence-electron chi connectivity index (χ0n) is 17.1. The van der Waals surface area contributed by atoms with E-state index >= 15 is 0 Å². The summed E-state index contributed by atoms with van der Waals surface area (Å²) >= 11 is 0. The van der Waals surface area contributed by atoms with Gasteiger partial charge in [-0.15, -0.1) is 0 Å². The molecule has 0 unspecified atom stereocenters. The first-order valence-corrected chi connectivity index (χ1v) is 10.3. The van der Waals surface area contributed by atoms with Crippen molar-refractivity contribution in [2.24, 2.45) is 0 Å². The monoisotopic (exact) mass is 456 g/mol. The van der Waals surface area contributed by atoms with Gasteiger partial charge in [0.05, 0.1) is 0 Å². The highest BCUT2D eigenvalue weighted by Crippen LogP contribution is 2.18. The summed E-state index contributed by atoms with van der Waals surface area (Å²) in [5.41, 5.74) is 2.68. The Morgan fingerprint density at radius 1 is 0.700 bits per heavy atom. The largest absolute Gasteiger partial charge is 1.00 e. The molecule has 0 radical (unpaired) electrons. The van der Waals surface area contributed by atoms with Gasteiger partial charge in [-0.3, -0.25) is 0 Å². The molecule has 0 N–H and O–H groups in total. The minimum atomic E-state index is 0. The Hall–Kier alpha value is -2.91. The van der Waals surface area contributed by atoms with Crippen LogP contribution in [0.3, 0.4) is 0 Å². The number of aromatic nitrogens is 2. The van der Waals surface area contributed by atoms with Crippen LogP contribution in [0.4, 0.5) is 0 Å².